The average Bonchev–Trinajstić information content (AvgIpc) is 2.77. The molecule has 1 N–H and O–H groups in total. The number of hydrogen-bond donors (Lipinski definition) is 1. The highest BCUT2D eigenvalue weighted by atomic mass is 19.4. The van der Waals surface area contributed by atoms with Crippen molar-refractivity contribution in [3.05, 3.63) is 17.0 Å². The van der Waals surface area contributed by atoms with Crippen molar-refractivity contribution in [2.45, 2.75) is 45.5 Å². The lowest BCUT2D eigenvalue weighted by Crippen LogP contribution is -2.38. The molecule has 0 amide bonds. The summed E-state index contributed by atoms with van der Waals surface area (Å²) < 4.78 is 45.9. The molecule has 0 bridgehead atoms. The summed E-state index contributed by atoms with van der Waals surface area (Å²) in [7, 11) is 0. The number of carbonyl (C=O) groups excluding carboxylic acids is 1. The van der Waals surface area contributed by atoms with E-state index in [2.05, 4.69) is 10.4 Å². The number of halogens is 3. The van der Waals surface area contributed by atoms with Gasteiger partial charge in [-0.1, -0.05) is 0 Å². The van der Waals surface area contributed by atoms with Gasteiger partial charge < -0.3 is 10.1 Å². The molecule has 2 rings (SSSR count). The molecule has 0 unspecified atom stereocenters. The summed E-state index contributed by atoms with van der Waals surface area (Å²) in [5.41, 5.74) is 0.331. The molecule has 1 aliphatic rings. The van der Waals surface area contributed by atoms with E-state index in [4.69, 9.17) is 4.74 Å². The summed E-state index contributed by atoms with van der Waals surface area (Å²) in [6.07, 6.45) is -4.39. The molecule has 2 heterocycles. The van der Waals surface area contributed by atoms with Crippen LogP contribution in [0.5, 0.6) is 0 Å². The zero-order valence-electron chi connectivity index (χ0n) is 12.1. The Hall–Kier alpha value is -1.57. The maximum atomic E-state index is 13.2. The van der Waals surface area contributed by atoms with Crippen molar-refractivity contribution in [1.82, 2.24) is 15.1 Å². The van der Waals surface area contributed by atoms with Crippen molar-refractivity contribution in [2.75, 3.05) is 13.2 Å². The van der Waals surface area contributed by atoms with Gasteiger partial charge >= 0.3 is 12.1 Å². The Balaban J connectivity index is 2.57. The van der Waals surface area contributed by atoms with Crippen LogP contribution >= 0.6 is 0 Å². The maximum Gasteiger partial charge on any atom is 0.398 e. The minimum atomic E-state index is -4.39. The summed E-state index contributed by atoms with van der Waals surface area (Å²) in [6.45, 7) is 5.23. The second kappa shape index (κ2) is 5.67. The third kappa shape index (κ3) is 2.90. The summed E-state index contributed by atoms with van der Waals surface area (Å²) in [4.78, 5) is 11.9. The second-order valence-electron chi connectivity index (χ2n) is 5.20. The number of esters is 1. The molecule has 0 radical (unpaired) electrons. The Morgan fingerprint density at radius 3 is 2.71 bits per heavy atom. The molecule has 1 aliphatic heterocycles. The molecule has 0 saturated heterocycles. The van der Waals surface area contributed by atoms with E-state index in [1.54, 1.807) is 20.8 Å². The van der Waals surface area contributed by atoms with Gasteiger partial charge in [-0.15, -0.1) is 0 Å². The zero-order valence-corrected chi connectivity index (χ0v) is 12.1. The molecule has 118 valence electrons. The SMILES string of the molecule is CCOC(=O)c1nn(C(C)C)c2c1CNC[C@@H]2C(F)(F)F. The Morgan fingerprint density at radius 1 is 1.52 bits per heavy atom. The number of alkyl halides is 3. The molecular formula is C13H18F3N3O2. The number of hydrogen-bond acceptors (Lipinski definition) is 4. The van der Waals surface area contributed by atoms with Crippen LogP contribution in [0.15, 0.2) is 0 Å². The van der Waals surface area contributed by atoms with Gasteiger partial charge in [-0.3, -0.25) is 4.68 Å². The topological polar surface area (TPSA) is 56.1 Å². The number of ether oxygens (including phenoxy) is 1. The molecule has 5 nitrogen and oxygen atoms in total. The molecule has 0 fully saturated rings. The lowest BCUT2D eigenvalue weighted by molar-refractivity contribution is -0.152. The van der Waals surface area contributed by atoms with Crippen molar-refractivity contribution in [3.63, 3.8) is 0 Å². The molecule has 0 saturated carbocycles. The van der Waals surface area contributed by atoms with Gasteiger partial charge in [-0.25, -0.2) is 4.79 Å². The van der Waals surface area contributed by atoms with E-state index >= 15 is 0 Å². The van der Waals surface area contributed by atoms with E-state index in [1.807, 2.05) is 0 Å². The highest BCUT2D eigenvalue weighted by Gasteiger charge is 2.46. The van der Waals surface area contributed by atoms with Crippen LogP contribution in [0.3, 0.4) is 0 Å². The highest BCUT2D eigenvalue weighted by molar-refractivity contribution is 5.89. The monoisotopic (exact) mass is 305 g/mol. The van der Waals surface area contributed by atoms with Crippen LogP contribution in [0.25, 0.3) is 0 Å². The number of rotatable bonds is 3. The quantitative estimate of drug-likeness (QED) is 0.871. The maximum absolute atomic E-state index is 13.2. The Kier molecular flexibility index (Phi) is 4.27. The van der Waals surface area contributed by atoms with Gasteiger partial charge in [0.15, 0.2) is 5.69 Å². The molecular weight excluding hydrogens is 287 g/mol. The molecule has 1 aromatic heterocycles. The zero-order chi connectivity index (χ0) is 15.8. The van der Waals surface area contributed by atoms with Crippen LogP contribution in [0.2, 0.25) is 0 Å². The lowest BCUT2D eigenvalue weighted by Gasteiger charge is -2.28. The first-order valence-electron chi connectivity index (χ1n) is 6.83. The van der Waals surface area contributed by atoms with Crippen LogP contribution in [0.4, 0.5) is 13.2 Å². The summed E-state index contributed by atoms with van der Waals surface area (Å²) in [6, 6.07) is -0.273. The van der Waals surface area contributed by atoms with Crippen LogP contribution in [0.1, 0.15) is 54.5 Å². The average molecular weight is 305 g/mol. The second-order valence-corrected chi connectivity index (χ2v) is 5.20. The van der Waals surface area contributed by atoms with Crippen LogP contribution in [-0.4, -0.2) is 35.1 Å². The minimum Gasteiger partial charge on any atom is -0.461 e. The fourth-order valence-electron chi connectivity index (χ4n) is 2.49. The van der Waals surface area contributed by atoms with Crippen molar-refractivity contribution in [2.24, 2.45) is 0 Å². The van der Waals surface area contributed by atoms with Gasteiger partial charge in [0.05, 0.1) is 12.3 Å². The summed E-state index contributed by atoms with van der Waals surface area (Å²) in [5.74, 6) is -2.35. The first-order valence-corrected chi connectivity index (χ1v) is 6.83. The van der Waals surface area contributed by atoms with E-state index < -0.39 is 18.1 Å². The lowest BCUT2D eigenvalue weighted by atomic mass is 9.95. The first-order chi connectivity index (χ1) is 9.77. The van der Waals surface area contributed by atoms with Gasteiger partial charge in [0, 0.05) is 24.7 Å². The van der Waals surface area contributed by atoms with Crippen molar-refractivity contribution in [3.8, 4) is 0 Å². The van der Waals surface area contributed by atoms with Gasteiger partial charge in [-0.2, -0.15) is 18.3 Å². The van der Waals surface area contributed by atoms with Crippen molar-refractivity contribution in [1.29, 1.82) is 0 Å². The highest BCUT2D eigenvalue weighted by Crippen LogP contribution is 2.40. The third-order valence-electron chi connectivity index (χ3n) is 3.38. The van der Waals surface area contributed by atoms with E-state index in [0.717, 1.165) is 0 Å². The molecule has 0 aromatic carbocycles. The fourth-order valence-corrected chi connectivity index (χ4v) is 2.49. The number of nitrogens with zero attached hydrogens (tertiary/aromatic N) is 2. The van der Waals surface area contributed by atoms with Gasteiger partial charge in [0.2, 0.25) is 0 Å². The first kappa shape index (κ1) is 15.8. The summed E-state index contributed by atoms with van der Waals surface area (Å²) >= 11 is 0. The minimum absolute atomic E-state index is 0.0259. The Morgan fingerprint density at radius 2 is 2.19 bits per heavy atom. The Labute approximate surface area is 120 Å². The molecule has 8 heteroatoms. The molecule has 0 aliphatic carbocycles. The normalized spacial score (nSPS) is 18.7. The fraction of sp³-hybridized carbons (Fsp3) is 0.692. The van der Waals surface area contributed by atoms with Gasteiger partial charge in [0.1, 0.15) is 5.92 Å². The summed E-state index contributed by atoms with van der Waals surface area (Å²) in [5, 5.41) is 6.78. The molecule has 1 aromatic rings. The van der Waals surface area contributed by atoms with E-state index in [-0.39, 0.29) is 42.7 Å². The smallest absolute Gasteiger partial charge is 0.398 e. The number of carbonyl (C=O) groups is 1. The standard InChI is InChI=1S/C13H18F3N3O2/c1-4-21-12(20)10-8-5-17-6-9(13(14,15)16)11(8)19(18-10)7(2)3/h7,9,17H,4-6H2,1-3H3/t9-/m0/s1. The van der Waals surface area contributed by atoms with Crippen molar-refractivity contribution < 1.29 is 22.7 Å². The molecule has 1 atom stereocenters. The number of fused-ring (bicyclic) bond motifs is 1. The van der Waals surface area contributed by atoms with Crippen LogP contribution in [-0.2, 0) is 11.3 Å². The van der Waals surface area contributed by atoms with Crippen LogP contribution < -0.4 is 5.32 Å². The molecule has 21 heavy (non-hydrogen) atoms. The van der Waals surface area contributed by atoms with E-state index in [1.165, 1.54) is 4.68 Å². The number of nitrogens with one attached hydrogen (secondary N) is 1. The van der Waals surface area contributed by atoms with Gasteiger partial charge in [0.25, 0.3) is 0 Å². The van der Waals surface area contributed by atoms with E-state index in [0.29, 0.717) is 0 Å². The van der Waals surface area contributed by atoms with Crippen molar-refractivity contribution >= 4 is 5.97 Å². The van der Waals surface area contributed by atoms with Gasteiger partial charge in [-0.05, 0) is 20.8 Å². The largest absolute Gasteiger partial charge is 0.461 e. The predicted octanol–water partition coefficient (Wildman–Crippen LogP) is 2.39. The molecule has 0 spiro atoms. The third-order valence-corrected chi connectivity index (χ3v) is 3.38. The van der Waals surface area contributed by atoms with Crippen LogP contribution in [0, 0.1) is 0 Å². The Bertz CT molecular complexity index is 537. The van der Waals surface area contributed by atoms with E-state index in [9.17, 15) is 18.0 Å². The predicted molar refractivity (Wildman–Crippen MR) is 69.1 cm³/mol. The number of aromatic nitrogens is 2.